The number of halogens is 2. The second kappa shape index (κ2) is 3.10. The number of hydrogen-bond donors (Lipinski definition) is 0. The number of pyridine rings is 1. The molecule has 0 spiro atoms. The molecule has 0 amide bonds. The van der Waals surface area contributed by atoms with E-state index in [4.69, 9.17) is 0 Å². The Morgan fingerprint density at radius 1 is 1.58 bits per heavy atom. The summed E-state index contributed by atoms with van der Waals surface area (Å²) in [6.45, 7) is 0. The molecule has 3 nitrogen and oxygen atoms in total. The monoisotopic (exact) mass is 253 g/mol. The molecule has 0 fully saturated rings. The summed E-state index contributed by atoms with van der Waals surface area (Å²) in [5.41, 5.74) is 0. The first-order chi connectivity index (χ1) is 5.43. The van der Waals surface area contributed by atoms with Crippen LogP contribution < -0.4 is 0 Å². The van der Waals surface area contributed by atoms with Gasteiger partial charge in [-0.25, -0.2) is 13.4 Å². The van der Waals surface area contributed by atoms with Crippen LogP contribution in [0.2, 0.25) is 0 Å². The molecule has 0 saturated carbocycles. The maximum Gasteiger partial charge on any atom is 0.232 e. The van der Waals surface area contributed by atoms with Crippen LogP contribution in [0.25, 0.3) is 0 Å². The minimum absolute atomic E-state index is 0.192. The van der Waals surface area contributed by atoms with Crippen LogP contribution in [-0.2, 0) is 9.84 Å². The fourth-order valence-corrected chi connectivity index (χ4v) is 2.68. The Balaban J connectivity index is 3.53. The average molecular weight is 254 g/mol. The fourth-order valence-electron chi connectivity index (χ4n) is 0.731. The molecule has 12 heavy (non-hydrogen) atoms. The smallest absolute Gasteiger partial charge is 0.227 e. The van der Waals surface area contributed by atoms with Crippen molar-refractivity contribution in [3.05, 3.63) is 22.7 Å². The highest BCUT2D eigenvalue weighted by Gasteiger charge is 2.17. The van der Waals surface area contributed by atoms with Crippen LogP contribution in [0.1, 0.15) is 0 Å². The van der Waals surface area contributed by atoms with Gasteiger partial charge in [-0.3, -0.25) is 0 Å². The Morgan fingerprint density at radius 3 is 2.50 bits per heavy atom. The van der Waals surface area contributed by atoms with Crippen molar-refractivity contribution in [3.63, 3.8) is 0 Å². The summed E-state index contributed by atoms with van der Waals surface area (Å²) in [4.78, 5) is 2.83. The fraction of sp³-hybridized carbons (Fsp3) is 0.167. The third-order valence-electron chi connectivity index (χ3n) is 1.18. The summed E-state index contributed by atoms with van der Waals surface area (Å²) in [5.74, 6) is -0.980. The summed E-state index contributed by atoms with van der Waals surface area (Å²) < 4.78 is 34.9. The zero-order valence-electron chi connectivity index (χ0n) is 6.08. The van der Waals surface area contributed by atoms with E-state index in [2.05, 4.69) is 20.9 Å². The van der Waals surface area contributed by atoms with E-state index in [0.29, 0.717) is 0 Å². The molecular weight excluding hydrogens is 249 g/mol. The molecule has 0 aliphatic rings. The van der Waals surface area contributed by atoms with Crippen molar-refractivity contribution < 1.29 is 12.8 Å². The lowest BCUT2D eigenvalue weighted by Gasteiger charge is -2.00. The van der Waals surface area contributed by atoms with Crippen molar-refractivity contribution in [2.45, 2.75) is 4.90 Å². The average Bonchev–Trinajstić information content (AvgIpc) is 1.82. The zero-order chi connectivity index (χ0) is 9.35. The van der Waals surface area contributed by atoms with Crippen molar-refractivity contribution in [2.24, 2.45) is 0 Å². The standard InChI is InChI=1S/C6H5BrFNO2S/c1-12(10,11)5-4(7)2-3-9-6(5)8/h2-3H,1H3. The molecule has 0 bridgehead atoms. The summed E-state index contributed by atoms with van der Waals surface area (Å²) >= 11 is 2.92. The minimum Gasteiger partial charge on any atom is -0.227 e. The molecule has 0 aromatic carbocycles. The number of aromatic nitrogens is 1. The van der Waals surface area contributed by atoms with Crippen LogP contribution >= 0.6 is 15.9 Å². The first-order valence-corrected chi connectivity index (χ1v) is 5.61. The van der Waals surface area contributed by atoms with E-state index in [-0.39, 0.29) is 4.47 Å². The molecule has 1 aromatic heterocycles. The highest BCUT2D eigenvalue weighted by Crippen LogP contribution is 2.22. The van der Waals surface area contributed by atoms with Crippen LogP contribution in [0.15, 0.2) is 21.6 Å². The second-order valence-electron chi connectivity index (χ2n) is 2.18. The van der Waals surface area contributed by atoms with Crippen molar-refractivity contribution in [2.75, 3.05) is 6.26 Å². The van der Waals surface area contributed by atoms with Gasteiger partial charge in [0.25, 0.3) is 0 Å². The number of hydrogen-bond acceptors (Lipinski definition) is 3. The van der Waals surface area contributed by atoms with Gasteiger partial charge in [-0.05, 0) is 22.0 Å². The molecule has 6 heteroatoms. The molecule has 0 N–H and O–H groups in total. The lowest BCUT2D eigenvalue weighted by molar-refractivity contribution is 0.538. The summed E-state index contributed by atoms with van der Waals surface area (Å²) in [5, 5.41) is 0. The van der Waals surface area contributed by atoms with Gasteiger partial charge in [-0.2, -0.15) is 4.39 Å². The third kappa shape index (κ3) is 1.81. The predicted octanol–water partition coefficient (Wildman–Crippen LogP) is 1.39. The van der Waals surface area contributed by atoms with Crippen molar-refractivity contribution >= 4 is 25.8 Å². The van der Waals surface area contributed by atoms with Gasteiger partial charge in [0.2, 0.25) is 5.95 Å². The second-order valence-corrected chi connectivity index (χ2v) is 4.99. The molecule has 66 valence electrons. The van der Waals surface area contributed by atoms with E-state index < -0.39 is 20.7 Å². The molecular formula is C6H5BrFNO2S. The molecule has 0 aliphatic carbocycles. The summed E-state index contributed by atoms with van der Waals surface area (Å²) in [7, 11) is -3.55. The Hall–Kier alpha value is -0.490. The molecule has 0 radical (unpaired) electrons. The van der Waals surface area contributed by atoms with Crippen LogP contribution in [0.3, 0.4) is 0 Å². The molecule has 1 aromatic rings. The van der Waals surface area contributed by atoms with Gasteiger partial charge < -0.3 is 0 Å². The number of rotatable bonds is 1. The first kappa shape index (κ1) is 9.60. The van der Waals surface area contributed by atoms with E-state index in [1.165, 1.54) is 12.3 Å². The summed E-state index contributed by atoms with van der Waals surface area (Å²) in [6.07, 6.45) is 2.12. The molecule has 0 unspecified atom stereocenters. The Morgan fingerprint density at radius 2 is 2.17 bits per heavy atom. The quantitative estimate of drug-likeness (QED) is 0.711. The van der Waals surface area contributed by atoms with Gasteiger partial charge in [0, 0.05) is 16.9 Å². The number of nitrogens with zero attached hydrogens (tertiary/aromatic N) is 1. The van der Waals surface area contributed by atoms with Gasteiger partial charge in [0.05, 0.1) is 0 Å². The van der Waals surface area contributed by atoms with Gasteiger partial charge in [-0.1, -0.05) is 0 Å². The Bertz CT molecular complexity index is 384. The zero-order valence-corrected chi connectivity index (χ0v) is 8.49. The van der Waals surface area contributed by atoms with Crippen LogP contribution in [-0.4, -0.2) is 19.7 Å². The normalized spacial score (nSPS) is 11.6. The highest BCUT2D eigenvalue weighted by atomic mass is 79.9. The Kier molecular flexibility index (Phi) is 2.48. The van der Waals surface area contributed by atoms with Crippen LogP contribution in [0, 0.1) is 5.95 Å². The molecule has 0 aliphatic heterocycles. The van der Waals surface area contributed by atoms with Gasteiger partial charge in [-0.15, -0.1) is 0 Å². The predicted molar refractivity (Wildman–Crippen MR) is 45.0 cm³/mol. The first-order valence-electron chi connectivity index (χ1n) is 2.93. The van der Waals surface area contributed by atoms with Gasteiger partial charge in [0.15, 0.2) is 9.84 Å². The molecule has 0 saturated heterocycles. The molecule has 1 rings (SSSR count). The number of sulfone groups is 1. The van der Waals surface area contributed by atoms with E-state index in [1.54, 1.807) is 0 Å². The van der Waals surface area contributed by atoms with Gasteiger partial charge in [0.1, 0.15) is 4.90 Å². The van der Waals surface area contributed by atoms with E-state index in [1.807, 2.05) is 0 Å². The third-order valence-corrected chi connectivity index (χ3v) is 3.24. The van der Waals surface area contributed by atoms with Gasteiger partial charge >= 0.3 is 0 Å². The largest absolute Gasteiger partial charge is 0.232 e. The maximum atomic E-state index is 12.8. The summed E-state index contributed by atoms with van der Waals surface area (Å²) in [6, 6.07) is 1.37. The van der Waals surface area contributed by atoms with Crippen molar-refractivity contribution in [1.29, 1.82) is 0 Å². The van der Waals surface area contributed by atoms with Crippen LogP contribution in [0.4, 0.5) is 4.39 Å². The Labute approximate surface area is 77.7 Å². The van der Waals surface area contributed by atoms with Crippen molar-refractivity contribution in [1.82, 2.24) is 4.98 Å². The SMILES string of the molecule is CS(=O)(=O)c1c(Br)ccnc1F. The van der Waals surface area contributed by atoms with E-state index in [9.17, 15) is 12.8 Å². The lowest BCUT2D eigenvalue weighted by Crippen LogP contribution is -2.03. The van der Waals surface area contributed by atoms with Crippen molar-refractivity contribution in [3.8, 4) is 0 Å². The lowest BCUT2D eigenvalue weighted by atomic mass is 10.5. The molecule has 1 heterocycles. The van der Waals surface area contributed by atoms with E-state index >= 15 is 0 Å². The molecule has 0 atom stereocenters. The van der Waals surface area contributed by atoms with Crippen LogP contribution in [0.5, 0.6) is 0 Å². The van der Waals surface area contributed by atoms with E-state index in [0.717, 1.165) is 6.26 Å². The topological polar surface area (TPSA) is 47.0 Å². The highest BCUT2D eigenvalue weighted by molar-refractivity contribution is 9.10. The maximum absolute atomic E-state index is 12.8. The minimum atomic E-state index is -3.55.